The molecule has 0 radical (unpaired) electrons. The molecule has 1 amide bonds. The number of nitrogens with zero attached hydrogens (tertiary/aromatic N) is 5. The molecule has 0 aliphatic heterocycles. The molecule has 1 atom stereocenters. The number of carbonyl (C=O) groups excluding carboxylic acids is 1. The molecule has 118 valence electrons. The van der Waals surface area contributed by atoms with Crippen LogP contribution in [0.2, 0.25) is 0 Å². The number of nitrogen functional groups attached to an aromatic ring is 1. The van der Waals surface area contributed by atoms with Crippen LogP contribution in [-0.4, -0.2) is 35.0 Å². The van der Waals surface area contributed by atoms with Crippen molar-refractivity contribution in [1.82, 2.24) is 15.0 Å². The Kier molecular flexibility index (Phi) is 4.66. The fraction of sp³-hybridized carbons (Fsp3) is 0.214. The van der Waals surface area contributed by atoms with Crippen LogP contribution in [0.4, 0.5) is 22.0 Å². The van der Waals surface area contributed by atoms with Crippen LogP contribution in [0, 0.1) is 17.1 Å². The Labute approximate surface area is 131 Å². The van der Waals surface area contributed by atoms with Crippen molar-refractivity contribution in [1.29, 1.82) is 5.26 Å². The number of hydrogen-bond acceptors (Lipinski definition) is 7. The van der Waals surface area contributed by atoms with Gasteiger partial charge in [0.25, 0.3) is 0 Å². The Morgan fingerprint density at radius 2 is 2.04 bits per heavy atom. The number of hydrogen-bond donors (Lipinski definition) is 2. The van der Waals surface area contributed by atoms with E-state index in [1.807, 2.05) is 0 Å². The molecule has 0 aliphatic carbocycles. The summed E-state index contributed by atoms with van der Waals surface area (Å²) in [4.78, 5) is 25.5. The van der Waals surface area contributed by atoms with Crippen molar-refractivity contribution in [3.05, 3.63) is 35.9 Å². The highest BCUT2D eigenvalue weighted by atomic mass is 19.1. The first-order valence-electron chi connectivity index (χ1n) is 6.56. The molecule has 3 N–H and O–H groups in total. The summed E-state index contributed by atoms with van der Waals surface area (Å²) in [5.74, 6) is -2.71. The van der Waals surface area contributed by atoms with E-state index in [0.717, 1.165) is 0 Å². The van der Waals surface area contributed by atoms with Gasteiger partial charge >= 0.3 is 0 Å². The van der Waals surface area contributed by atoms with Gasteiger partial charge in [-0.05, 0) is 12.1 Å². The molecule has 0 saturated heterocycles. The van der Waals surface area contributed by atoms with Gasteiger partial charge in [-0.15, -0.1) is 0 Å². The summed E-state index contributed by atoms with van der Waals surface area (Å²) in [6.07, 6.45) is 0. The number of nitrogens with two attached hydrogens (primary N) is 1. The molecule has 2 rings (SSSR count). The predicted octanol–water partition coefficient (Wildman–Crippen LogP) is 0.905. The molecule has 1 aromatic heterocycles. The number of aromatic nitrogens is 3. The Morgan fingerprint density at radius 3 is 2.65 bits per heavy atom. The number of carbonyl (C=O) groups is 1. The van der Waals surface area contributed by atoms with Crippen LogP contribution < -0.4 is 16.0 Å². The quantitative estimate of drug-likeness (QED) is 0.859. The molecule has 0 bridgehead atoms. The standard InChI is InChI=1S/C14H14FN7O/c1-22(2)14-20-11(19-13(17)21-14)8(7-16)12(23)18-10-6-4-3-5-9(10)15/h3-6,8H,1-2H3,(H,18,23)(H2,17,19,20,21)/t8-/m0/s1. The number of benzene rings is 1. The highest BCUT2D eigenvalue weighted by Gasteiger charge is 2.25. The molecule has 2 aromatic rings. The molecular weight excluding hydrogens is 301 g/mol. The van der Waals surface area contributed by atoms with E-state index in [1.54, 1.807) is 31.1 Å². The average Bonchev–Trinajstić information content (AvgIpc) is 2.49. The van der Waals surface area contributed by atoms with Crippen LogP contribution in [0.15, 0.2) is 24.3 Å². The fourth-order valence-corrected chi connectivity index (χ4v) is 1.73. The van der Waals surface area contributed by atoms with Crippen molar-refractivity contribution >= 4 is 23.5 Å². The topological polar surface area (TPSA) is 121 Å². The van der Waals surface area contributed by atoms with E-state index < -0.39 is 17.6 Å². The summed E-state index contributed by atoms with van der Waals surface area (Å²) < 4.78 is 13.6. The molecule has 9 heteroatoms. The van der Waals surface area contributed by atoms with Crippen molar-refractivity contribution < 1.29 is 9.18 Å². The van der Waals surface area contributed by atoms with Crippen molar-refractivity contribution in [2.75, 3.05) is 30.0 Å². The van der Waals surface area contributed by atoms with Crippen molar-refractivity contribution in [3.8, 4) is 6.07 Å². The van der Waals surface area contributed by atoms with Crippen LogP contribution in [0.5, 0.6) is 0 Å². The predicted molar refractivity (Wildman–Crippen MR) is 82.0 cm³/mol. The zero-order chi connectivity index (χ0) is 17.0. The Balaban J connectivity index is 2.31. The molecule has 23 heavy (non-hydrogen) atoms. The number of nitriles is 1. The van der Waals surface area contributed by atoms with Crippen LogP contribution in [-0.2, 0) is 4.79 Å². The molecule has 8 nitrogen and oxygen atoms in total. The first-order valence-corrected chi connectivity index (χ1v) is 6.56. The van der Waals surface area contributed by atoms with Gasteiger partial charge in [0.1, 0.15) is 5.82 Å². The zero-order valence-electron chi connectivity index (χ0n) is 12.5. The lowest BCUT2D eigenvalue weighted by Crippen LogP contribution is -2.24. The molecule has 0 fully saturated rings. The second-order valence-electron chi connectivity index (χ2n) is 4.78. The van der Waals surface area contributed by atoms with E-state index in [0.29, 0.717) is 0 Å². The van der Waals surface area contributed by atoms with Gasteiger partial charge in [-0.2, -0.15) is 20.2 Å². The first-order chi connectivity index (χ1) is 10.9. The second kappa shape index (κ2) is 6.65. The monoisotopic (exact) mass is 315 g/mol. The smallest absolute Gasteiger partial charge is 0.249 e. The minimum Gasteiger partial charge on any atom is -0.368 e. The lowest BCUT2D eigenvalue weighted by atomic mass is 10.1. The summed E-state index contributed by atoms with van der Waals surface area (Å²) in [5.41, 5.74) is 5.54. The second-order valence-corrected chi connectivity index (χ2v) is 4.78. The largest absolute Gasteiger partial charge is 0.368 e. The van der Waals surface area contributed by atoms with E-state index in [1.165, 1.54) is 18.2 Å². The van der Waals surface area contributed by atoms with Gasteiger partial charge in [-0.3, -0.25) is 4.79 Å². The molecule has 1 aromatic carbocycles. The van der Waals surface area contributed by atoms with Crippen LogP contribution in [0.1, 0.15) is 11.7 Å². The number of rotatable bonds is 4. The van der Waals surface area contributed by atoms with Crippen LogP contribution in [0.25, 0.3) is 0 Å². The maximum absolute atomic E-state index is 13.6. The SMILES string of the molecule is CN(C)c1nc(N)nc([C@H](C#N)C(=O)Nc2ccccc2F)n1. The molecule has 0 saturated carbocycles. The van der Waals surface area contributed by atoms with Gasteiger partial charge in [0.05, 0.1) is 11.8 Å². The van der Waals surface area contributed by atoms with Gasteiger partial charge in [-0.1, -0.05) is 12.1 Å². The highest BCUT2D eigenvalue weighted by molar-refractivity contribution is 5.97. The van der Waals surface area contributed by atoms with Gasteiger partial charge in [0, 0.05) is 14.1 Å². The summed E-state index contributed by atoms with van der Waals surface area (Å²) in [5, 5.41) is 11.6. The van der Waals surface area contributed by atoms with Gasteiger partial charge < -0.3 is 16.0 Å². The maximum Gasteiger partial charge on any atom is 0.249 e. The van der Waals surface area contributed by atoms with Gasteiger partial charge in [-0.25, -0.2) is 4.39 Å². The van der Waals surface area contributed by atoms with Crippen molar-refractivity contribution in [2.24, 2.45) is 0 Å². The third-order valence-corrected chi connectivity index (χ3v) is 2.84. The van der Waals surface area contributed by atoms with Crippen LogP contribution in [0.3, 0.4) is 0 Å². The normalized spacial score (nSPS) is 11.4. The third kappa shape index (κ3) is 3.68. The minimum absolute atomic E-state index is 0.0346. The van der Waals surface area contributed by atoms with E-state index in [2.05, 4.69) is 20.3 Å². The van der Waals surface area contributed by atoms with Crippen molar-refractivity contribution in [2.45, 2.75) is 5.92 Å². The number of halogens is 1. The van der Waals surface area contributed by atoms with E-state index in [9.17, 15) is 14.4 Å². The highest BCUT2D eigenvalue weighted by Crippen LogP contribution is 2.19. The van der Waals surface area contributed by atoms with E-state index in [-0.39, 0.29) is 23.4 Å². The summed E-state index contributed by atoms with van der Waals surface area (Å²) in [7, 11) is 3.36. The van der Waals surface area contributed by atoms with E-state index in [4.69, 9.17) is 5.73 Å². The zero-order valence-corrected chi connectivity index (χ0v) is 12.5. The number of para-hydroxylation sites is 1. The Bertz CT molecular complexity index is 772. The number of amides is 1. The Morgan fingerprint density at radius 1 is 1.35 bits per heavy atom. The number of nitrogens with one attached hydrogen (secondary N) is 1. The van der Waals surface area contributed by atoms with Crippen LogP contribution >= 0.6 is 0 Å². The third-order valence-electron chi connectivity index (χ3n) is 2.84. The fourth-order valence-electron chi connectivity index (χ4n) is 1.73. The van der Waals surface area contributed by atoms with Gasteiger partial charge in [0.2, 0.25) is 17.8 Å². The molecule has 1 heterocycles. The maximum atomic E-state index is 13.6. The summed E-state index contributed by atoms with van der Waals surface area (Å²) >= 11 is 0. The van der Waals surface area contributed by atoms with E-state index >= 15 is 0 Å². The lowest BCUT2D eigenvalue weighted by Gasteiger charge is -2.14. The Hall–Kier alpha value is -3.28. The molecule has 0 aliphatic rings. The van der Waals surface area contributed by atoms with Gasteiger partial charge in [0.15, 0.2) is 11.7 Å². The summed E-state index contributed by atoms with van der Waals surface area (Å²) in [6, 6.07) is 7.42. The molecule has 0 unspecified atom stereocenters. The number of anilines is 3. The molecular formula is C14H14FN7O. The molecule has 0 spiro atoms. The average molecular weight is 315 g/mol. The first kappa shape index (κ1) is 16.1. The minimum atomic E-state index is -1.35. The summed E-state index contributed by atoms with van der Waals surface area (Å²) in [6.45, 7) is 0. The lowest BCUT2D eigenvalue weighted by molar-refractivity contribution is -0.116. The van der Waals surface area contributed by atoms with Crippen molar-refractivity contribution in [3.63, 3.8) is 0 Å².